The predicted molar refractivity (Wildman–Crippen MR) is 139 cm³/mol. The molecule has 0 radical (unpaired) electrons. The fraction of sp³-hybridized carbons (Fsp3) is 0.533. The fourth-order valence-electron chi connectivity index (χ4n) is 6.33. The summed E-state index contributed by atoms with van der Waals surface area (Å²) in [6, 6.07) is 18.0. The van der Waals surface area contributed by atoms with Crippen molar-refractivity contribution < 1.29 is 13.2 Å². The number of rotatable bonds is 9. The van der Waals surface area contributed by atoms with E-state index in [-0.39, 0.29) is 0 Å². The Morgan fingerprint density at radius 3 is 2.15 bits per heavy atom. The average Bonchev–Trinajstić information content (AvgIpc) is 2.87. The van der Waals surface area contributed by atoms with Gasteiger partial charge in [0.25, 0.3) is 0 Å². The van der Waals surface area contributed by atoms with E-state index in [4.69, 9.17) is 0 Å². The molecule has 0 nitrogen and oxygen atoms in total. The molecule has 0 N–H and O–H groups in total. The molecule has 1 aliphatic carbocycles. The van der Waals surface area contributed by atoms with Crippen LogP contribution in [-0.2, 0) is 0 Å². The molecule has 4 rings (SSSR count). The molecule has 2 aromatic carbocycles. The number of hydrogen-bond acceptors (Lipinski definition) is 0. The predicted octanol–water partition coefficient (Wildman–Crippen LogP) is 9.02. The van der Waals surface area contributed by atoms with Crippen molar-refractivity contribution in [2.24, 2.45) is 11.8 Å². The Bertz CT molecular complexity index is 937. The maximum Gasteiger partial charge on any atom is 0.194 e. The summed E-state index contributed by atoms with van der Waals surface area (Å²) in [6.45, 7) is 2.30. The van der Waals surface area contributed by atoms with Crippen molar-refractivity contribution in [2.45, 2.75) is 89.3 Å². The van der Waals surface area contributed by atoms with Gasteiger partial charge in [-0.1, -0.05) is 105 Å². The zero-order chi connectivity index (χ0) is 24.0. The van der Waals surface area contributed by atoms with Gasteiger partial charge in [0.15, 0.2) is 17.5 Å². The lowest BCUT2D eigenvalue weighted by Crippen LogP contribution is -2.50. The normalized spacial score (nSPS) is 25.2. The van der Waals surface area contributed by atoms with Crippen LogP contribution in [0, 0.1) is 29.3 Å². The molecule has 34 heavy (non-hydrogen) atoms. The number of benzene rings is 2. The first-order chi connectivity index (χ1) is 16.5. The lowest BCUT2D eigenvalue weighted by molar-refractivity contribution is 0.352. The molecular weight excluding hydrogens is 445 g/mol. The Labute approximate surface area is 204 Å². The van der Waals surface area contributed by atoms with Crippen LogP contribution in [0.1, 0.15) is 76.7 Å². The van der Waals surface area contributed by atoms with E-state index in [1.54, 1.807) is 5.19 Å². The monoisotopic (exact) mass is 484 g/mol. The van der Waals surface area contributed by atoms with Crippen molar-refractivity contribution in [3.8, 4) is 0 Å². The van der Waals surface area contributed by atoms with Crippen LogP contribution in [0.3, 0.4) is 0 Å². The van der Waals surface area contributed by atoms with E-state index in [0.29, 0.717) is 11.5 Å². The van der Waals surface area contributed by atoms with Crippen molar-refractivity contribution in [1.82, 2.24) is 0 Å². The van der Waals surface area contributed by atoms with Crippen LogP contribution in [0.5, 0.6) is 0 Å². The van der Waals surface area contributed by atoms with Crippen molar-refractivity contribution in [2.75, 3.05) is 0 Å². The molecule has 2 aromatic rings. The summed E-state index contributed by atoms with van der Waals surface area (Å²) in [7, 11) is -1.36. The maximum absolute atomic E-state index is 13.6. The maximum atomic E-state index is 13.6. The lowest BCUT2D eigenvalue weighted by atomic mass is 9.82. The van der Waals surface area contributed by atoms with Crippen LogP contribution in [-0.4, -0.2) is 8.07 Å². The molecular formula is C30H39F3Si. The summed E-state index contributed by atoms with van der Waals surface area (Å²) in [4.78, 5) is 0. The first-order valence-corrected chi connectivity index (χ1v) is 16.0. The molecule has 1 aliphatic heterocycles. The molecule has 0 amide bonds. The van der Waals surface area contributed by atoms with E-state index >= 15 is 0 Å². The van der Waals surface area contributed by atoms with Crippen molar-refractivity contribution in [1.29, 1.82) is 0 Å². The zero-order valence-corrected chi connectivity index (χ0v) is 21.6. The molecule has 0 saturated carbocycles. The smallest absolute Gasteiger partial charge is 0.194 e. The molecule has 1 saturated heterocycles. The topological polar surface area (TPSA) is 0 Å². The summed E-state index contributed by atoms with van der Waals surface area (Å²) < 4.78 is 40.5. The highest BCUT2D eigenvalue weighted by Crippen LogP contribution is 2.40. The third-order valence-electron chi connectivity index (χ3n) is 8.56. The molecule has 1 fully saturated rings. The van der Waals surface area contributed by atoms with Crippen LogP contribution in [0.2, 0.25) is 18.1 Å². The third-order valence-corrected chi connectivity index (χ3v) is 13.9. The van der Waals surface area contributed by atoms with Gasteiger partial charge in [0.05, 0.1) is 8.07 Å². The van der Waals surface area contributed by atoms with Gasteiger partial charge in [-0.05, 0) is 60.8 Å². The second-order valence-corrected chi connectivity index (χ2v) is 15.4. The lowest BCUT2D eigenvalue weighted by Gasteiger charge is -2.40. The largest absolute Gasteiger partial charge is 0.204 e. The second-order valence-electron chi connectivity index (χ2n) is 10.7. The van der Waals surface area contributed by atoms with Gasteiger partial charge in [0.2, 0.25) is 0 Å². The quantitative estimate of drug-likeness (QED) is 0.189. The molecule has 0 aromatic heterocycles. The summed E-state index contributed by atoms with van der Waals surface area (Å²) in [5.74, 6) is -2.07. The van der Waals surface area contributed by atoms with Gasteiger partial charge in [0.1, 0.15) is 0 Å². The molecule has 1 unspecified atom stereocenters. The van der Waals surface area contributed by atoms with E-state index < -0.39 is 25.5 Å². The van der Waals surface area contributed by atoms with Crippen molar-refractivity contribution >= 4 is 18.8 Å². The second kappa shape index (κ2) is 11.7. The van der Waals surface area contributed by atoms with Gasteiger partial charge >= 0.3 is 0 Å². The van der Waals surface area contributed by atoms with Crippen LogP contribution in [0.25, 0.3) is 5.57 Å². The Hall–Kier alpha value is -1.81. The Balaban J connectivity index is 1.29. The first-order valence-electron chi connectivity index (χ1n) is 13.4. The fourth-order valence-corrected chi connectivity index (χ4v) is 11.7. The summed E-state index contributed by atoms with van der Waals surface area (Å²) in [5, 5.41) is 1.68. The minimum absolute atomic E-state index is 0.493. The summed E-state index contributed by atoms with van der Waals surface area (Å²) in [6.07, 6.45) is 14.3. The number of unbranched alkanes of at least 4 members (excludes halogenated alkanes) is 2. The van der Waals surface area contributed by atoms with E-state index in [9.17, 15) is 13.2 Å². The third kappa shape index (κ3) is 6.05. The summed E-state index contributed by atoms with van der Waals surface area (Å²) >= 11 is 0. The van der Waals surface area contributed by atoms with E-state index in [1.807, 2.05) is 0 Å². The Morgan fingerprint density at radius 2 is 1.53 bits per heavy atom. The molecule has 1 heterocycles. The van der Waals surface area contributed by atoms with Gasteiger partial charge in [0, 0.05) is 0 Å². The number of hydrogen-bond donors (Lipinski definition) is 0. The first kappa shape index (κ1) is 25.3. The molecule has 1 atom stereocenters. The molecule has 184 valence electrons. The Kier molecular flexibility index (Phi) is 8.74. The van der Waals surface area contributed by atoms with Crippen LogP contribution in [0.15, 0.2) is 48.5 Å². The Morgan fingerprint density at radius 1 is 0.853 bits per heavy atom. The minimum Gasteiger partial charge on any atom is -0.204 e. The van der Waals surface area contributed by atoms with Crippen LogP contribution < -0.4 is 5.19 Å². The van der Waals surface area contributed by atoms with Gasteiger partial charge in [-0.2, -0.15) is 0 Å². The highest BCUT2D eigenvalue weighted by atomic mass is 28.3. The van der Waals surface area contributed by atoms with E-state index in [0.717, 1.165) is 42.9 Å². The molecule has 0 spiro atoms. The van der Waals surface area contributed by atoms with Gasteiger partial charge < -0.3 is 0 Å². The van der Waals surface area contributed by atoms with E-state index in [1.165, 1.54) is 63.1 Å². The van der Waals surface area contributed by atoms with E-state index in [2.05, 4.69) is 43.3 Å². The number of halogens is 3. The zero-order valence-electron chi connectivity index (χ0n) is 20.6. The van der Waals surface area contributed by atoms with Gasteiger partial charge in [-0.15, -0.1) is 0 Å². The SMILES string of the molecule is CCCCC[Si]1(c2ccccc2)CCC(CCC2CC=C(c3cc(F)c(F)c(F)c3)CC2)CC1. The van der Waals surface area contributed by atoms with Crippen LogP contribution in [0.4, 0.5) is 13.2 Å². The molecule has 2 aliphatic rings. The van der Waals surface area contributed by atoms with Gasteiger partial charge in [-0.3, -0.25) is 0 Å². The minimum atomic E-state index is -1.38. The summed E-state index contributed by atoms with van der Waals surface area (Å²) in [5.41, 5.74) is 1.45. The molecule has 4 heteroatoms. The van der Waals surface area contributed by atoms with Crippen LogP contribution >= 0.6 is 0 Å². The standard InChI is InChI=1S/C30H39F3Si/c1-2-3-7-18-34(27-8-5-4-6-9-27)19-16-24(17-20-34)11-10-23-12-14-25(15-13-23)26-21-28(31)30(33)29(32)22-26/h4-6,8-9,14,21-24H,2-3,7,10-13,15-20H2,1H3. The van der Waals surface area contributed by atoms with Crippen molar-refractivity contribution in [3.05, 3.63) is 71.6 Å². The number of allylic oxidation sites excluding steroid dienone is 2. The average molecular weight is 485 g/mol. The highest BCUT2D eigenvalue weighted by Gasteiger charge is 2.38. The highest BCUT2D eigenvalue weighted by molar-refractivity contribution is 6.92. The van der Waals surface area contributed by atoms with Gasteiger partial charge in [-0.25, -0.2) is 13.2 Å². The van der Waals surface area contributed by atoms with Crippen molar-refractivity contribution in [3.63, 3.8) is 0 Å². The molecule has 0 bridgehead atoms.